The standard InChI is InChI=1S/C24H26N2O4S/c1-2-29-19-13-11-18(12-14-19)26(24(28)20-9-5-15-30-20)22(21-10-6-16-31-21)23(27)25-17-7-3-4-8-17/h5-6,9-17,22H,2-4,7-8H2,1H3,(H,25,27)/t22-/m1/s1. The van der Waals surface area contributed by atoms with Gasteiger partial charge in [-0.2, -0.15) is 0 Å². The number of hydrogen-bond donors (Lipinski definition) is 1. The molecule has 0 bridgehead atoms. The molecule has 0 unspecified atom stereocenters. The first kappa shape index (κ1) is 21.2. The Morgan fingerprint density at radius 1 is 1.16 bits per heavy atom. The first-order valence-electron chi connectivity index (χ1n) is 10.6. The van der Waals surface area contributed by atoms with Crippen molar-refractivity contribution in [2.45, 2.75) is 44.7 Å². The third kappa shape index (κ3) is 4.82. The molecule has 2 amide bonds. The van der Waals surface area contributed by atoms with E-state index >= 15 is 0 Å². The lowest BCUT2D eigenvalue weighted by molar-refractivity contribution is -0.123. The first-order chi connectivity index (χ1) is 15.2. The van der Waals surface area contributed by atoms with Gasteiger partial charge < -0.3 is 14.5 Å². The maximum atomic E-state index is 13.5. The molecular formula is C24H26N2O4S. The molecule has 1 fully saturated rings. The Morgan fingerprint density at radius 3 is 2.55 bits per heavy atom. The van der Waals surface area contributed by atoms with Crippen molar-refractivity contribution in [3.63, 3.8) is 0 Å². The highest BCUT2D eigenvalue weighted by Gasteiger charge is 2.36. The van der Waals surface area contributed by atoms with Gasteiger partial charge in [-0.1, -0.05) is 18.9 Å². The van der Waals surface area contributed by atoms with Gasteiger partial charge in [-0.05, 0) is 67.6 Å². The molecule has 0 radical (unpaired) electrons. The molecule has 0 spiro atoms. The molecule has 1 N–H and O–H groups in total. The minimum absolute atomic E-state index is 0.149. The van der Waals surface area contributed by atoms with Crippen molar-refractivity contribution in [1.29, 1.82) is 0 Å². The zero-order valence-electron chi connectivity index (χ0n) is 17.5. The van der Waals surface area contributed by atoms with Crippen LogP contribution in [-0.4, -0.2) is 24.5 Å². The molecule has 0 aliphatic heterocycles. The molecule has 4 rings (SSSR count). The summed E-state index contributed by atoms with van der Waals surface area (Å²) in [5, 5.41) is 5.08. The number of thiophene rings is 1. The number of carbonyl (C=O) groups excluding carboxylic acids is 2. The molecule has 1 aliphatic rings. The first-order valence-corrected chi connectivity index (χ1v) is 11.5. The molecule has 31 heavy (non-hydrogen) atoms. The van der Waals surface area contributed by atoms with Crippen molar-refractivity contribution in [2.75, 3.05) is 11.5 Å². The Kier molecular flexibility index (Phi) is 6.72. The van der Waals surface area contributed by atoms with Crippen LogP contribution >= 0.6 is 11.3 Å². The smallest absolute Gasteiger partial charge is 0.295 e. The Bertz CT molecular complexity index is 977. The summed E-state index contributed by atoms with van der Waals surface area (Å²) in [5.41, 5.74) is 0.602. The van der Waals surface area contributed by atoms with Crippen LogP contribution in [0.15, 0.2) is 64.6 Å². The molecule has 7 heteroatoms. The Morgan fingerprint density at radius 2 is 1.94 bits per heavy atom. The molecule has 162 valence electrons. The SMILES string of the molecule is CCOc1ccc(N(C(=O)c2ccco2)[C@@H](C(=O)NC2CCCC2)c2cccs2)cc1. The molecule has 2 aromatic heterocycles. The fourth-order valence-corrected chi connectivity index (χ4v) is 4.76. The van der Waals surface area contributed by atoms with Gasteiger partial charge in [0.1, 0.15) is 5.75 Å². The zero-order chi connectivity index (χ0) is 21.6. The highest BCUT2D eigenvalue weighted by molar-refractivity contribution is 7.10. The summed E-state index contributed by atoms with van der Waals surface area (Å²) in [4.78, 5) is 29.3. The van der Waals surface area contributed by atoms with Crippen LogP contribution in [-0.2, 0) is 4.79 Å². The number of amides is 2. The molecule has 3 aromatic rings. The van der Waals surface area contributed by atoms with Gasteiger partial charge in [-0.25, -0.2) is 0 Å². The van der Waals surface area contributed by atoms with Gasteiger partial charge >= 0.3 is 0 Å². The predicted molar refractivity (Wildman–Crippen MR) is 121 cm³/mol. The van der Waals surface area contributed by atoms with E-state index in [4.69, 9.17) is 9.15 Å². The lowest BCUT2D eigenvalue weighted by atomic mass is 10.1. The summed E-state index contributed by atoms with van der Waals surface area (Å²) in [6.07, 6.45) is 5.63. The fourth-order valence-electron chi connectivity index (χ4n) is 3.94. The van der Waals surface area contributed by atoms with Gasteiger partial charge in [-0.15, -0.1) is 11.3 Å². The highest BCUT2D eigenvalue weighted by atomic mass is 32.1. The van der Waals surface area contributed by atoms with Crippen LogP contribution in [0.4, 0.5) is 5.69 Å². The van der Waals surface area contributed by atoms with Crippen molar-refractivity contribution >= 4 is 28.8 Å². The van der Waals surface area contributed by atoms with Gasteiger partial charge in [0.15, 0.2) is 11.8 Å². The van der Waals surface area contributed by atoms with E-state index in [1.54, 1.807) is 24.3 Å². The maximum Gasteiger partial charge on any atom is 0.295 e. The van der Waals surface area contributed by atoms with E-state index in [0.29, 0.717) is 18.0 Å². The monoisotopic (exact) mass is 438 g/mol. The third-order valence-corrected chi connectivity index (χ3v) is 6.32. The average molecular weight is 439 g/mol. The van der Waals surface area contributed by atoms with Crippen LogP contribution in [0.2, 0.25) is 0 Å². The van der Waals surface area contributed by atoms with Crippen LogP contribution in [0.5, 0.6) is 5.75 Å². The summed E-state index contributed by atoms with van der Waals surface area (Å²) in [6, 6.07) is 13.6. The lowest BCUT2D eigenvalue weighted by Gasteiger charge is -2.31. The zero-order valence-corrected chi connectivity index (χ0v) is 18.3. The topological polar surface area (TPSA) is 71.8 Å². The summed E-state index contributed by atoms with van der Waals surface area (Å²) >= 11 is 1.46. The number of hydrogen-bond acceptors (Lipinski definition) is 5. The van der Waals surface area contributed by atoms with E-state index in [-0.39, 0.29) is 23.6 Å². The number of nitrogens with zero attached hydrogens (tertiary/aromatic N) is 1. The van der Waals surface area contributed by atoms with E-state index in [1.807, 2.05) is 36.6 Å². The fraction of sp³-hybridized carbons (Fsp3) is 0.333. The number of anilines is 1. The normalized spacial score (nSPS) is 14.9. The molecular weight excluding hydrogens is 412 g/mol. The van der Waals surface area contributed by atoms with Gasteiger partial charge in [0.25, 0.3) is 5.91 Å². The quantitative estimate of drug-likeness (QED) is 0.526. The summed E-state index contributed by atoms with van der Waals surface area (Å²) in [7, 11) is 0. The Labute approximate surface area is 185 Å². The highest BCUT2D eigenvalue weighted by Crippen LogP contribution is 2.33. The molecule has 2 heterocycles. The van der Waals surface area contributed by atoms with Crippen LogP contribution in [0.1, 0.15) is 54.1 Å². The number of nitrogens with one attached hydrogen (secondary N) is 1. The third-order valence-electron chi connectivity index (χ3n) is 5.40. The van der Waals surface area contributed by atoms with E-state index < -0.39 is 6.04 Å². The molecule has 1 saturated carbocycles. The predicted octanol–water partition coefficient (Wildman–Crippen LogP) is 5.19. The van der Waals surface area contributed by atoms with Crippen LogP contribution in [0.3, 0.4) is 0 Å². The van der Waals surface area contributed by atoms with Crippen LogP contribution < -0.4 is 15.0 Å². The van der Waals surface area contributed by atoms with Crippen molar-refractivity contribution in [3.05, 3.63) is 70.8 Å². The lowest BCUT2D eigenvalue weighted by Crippen LogP contribution is -2.46. The van der Waals surface area contributed by atoms with Gasteiger partial charge in [0, 0.05) is 16.6 Å². The minimum Gasteiger partial charge on any atom is -0.494 e. The second-order valence-corrected chi connectivity index (χ2v) is 8.47. The van der Waals surface area contributed by atoms with Gasteiger partial charge in [-0.3, -0.25) is 14.5 Å². The van der Waals surface area contributed by atoms with Crippen LogP contribution in [0, 0.1) is 0 Å². The second kappa shape index (κ2) is 9.83. The second-order valence-electron chi connectivity index (χ2n) is 7.49. The van der Waals surface area contributed by atoms with Crippen molar-refractivity contribution in [1.82, 2.24) is 5.32 Å². The van der Waals surface area contributed by atoms with Gasteiger partial charge in [0.2, 0.25) is 5.91 Å². The molecule has 1 aromatic carbocycles. The van der Waals surface area contributed by atoms with E-state index in [1.165, 1.54) is 22.5 Å². The van der Waals surface area contributed by atoms with E-state index in [9.17, 15) is 9.59 Å². The number of rotatable bonds is 8. The molecule has 1 aliphatic carbocycles. The minimum atomic E-state index is -0.795. The Balaban J connectivity index is 1.73. The van der Waals surface area contributed by atoms with Crippen molar-refractivity contribution < 1.29 is 18.7 Å². The number of furan rings is 1. The summed E-state index contributed by atoms with van der Waals surface area (Å²) in [5.74, 6) is 0.348. The van der Waals surface area contributed by atoms with Crippen molar-refractivity contribution in [2.24, 2.45) is 0 Å². The maximum absolute atomic E-state index is 13.5. The summed E-state index contributed by atoms with van der Waals surface area (Å²) in [6.45, 7) is 2.47. The van der Waals surface area contributed by atoms with E-state index in [0.717, 1.165) is 30.6 Å². The number of carbonyl (C=O) groups is 2. The molecule has 0 saturated heterocycles. The van der Waals surface area contributed by atoms with Gasteiger partial charge in [0.05, 0.1) is 12.9 Å². The van der Waals surface area contributed by atoms with Crippen molar-refractivity contribution in [3.8, 4) is 5.75 Å². The molecule has 6 nitrogen and oxygen atoms in total. The largest absolute Gasteiger partial charge is 0.494 e. The number of ether oxygens (including phenoxy) is 1. The Hall–Kier alpha value is -3.06. The average Bonchev–Trinajstić information content (AvgIpc) is 3.56. The van der Waals surface area contributed by atoms with E-state index in [2.05, 4.69) is 5.32 Å². The summed E-state index contributed by atoms with van der Waals surface area (Å²) < 4.78 is 10.9. The molecule has 1 atom stereocenters. The van der Waals surface area contributed by atoms with Crippen LogP contribution in [0.25, 0.3) is 0 Å². The number of benzene rings is 1.